The smallest absolute Gasteiger partial charge is 0.238 e. The van der Waals surface area contributed by atoms with E-state index < -0.39 is 21.4 Å². The number of nitrogens with one attached hydrogen (secondary N) is 1. The van der Waals surface area contributed by atoms with Crippen LogP contribution >= 0.6 is 0 Å². The highest BCUT2D eigenvalue weighted by Crippen LogP contribution is 2.25. The van der Waals surface area contributed by atoms with E-state index in [1.165, 1.54) is 6.20 Å². The Morgan fingerprint density at radius 2 is 2.09 bits per heavy atom. The van der Waals surface area contributed by atoms with Crippen molar-refractivity contribution in [1.82, 2.24) is 14.8 Å². The number of hydrogen-bond acceptors (Lipinski definition) is 5. The predicted octanol–water partition coefficient (Wildman–Crippen LogP) is 1.31. The molecule has 3 rings (SSSR count). The number of aliphatic hydroxyl groups is 1. The summed E-state index contributed by atoms with van der Waals surface area (Å²) in [5.41, 5.74) is 0.383. The van der Waals surface area contributed by atoms with Crippen LogP contribution in [0.1, 0.15) is 25.7 Å². The minimum absolute atomic E-state index is 0.383. The van der Waals surface area contributed by atoms with Crippen molar-refractivity contribution < 1.29 is 13.5 Å². The van der Waals surface area contributed by atoms with Gasteiger partial charge in [-0.05, 0) is 31.0 Å². The quantitative estimate of drug-likeness (QED) is 0.884. The molecule has 0 bridgehead atoms. The van der Waals surface area contributed by atoms with Crippen LogP contribution in [-0.2, 0) is 10.0 Å². The molecule has 22 heavy (non-hydrogen) atoms. The first-order chi connectivity index (χ1) is 10.6. The maximum Gasteiger partial charge on any atom is 0.238 e. The molecule has 1 saturated carbocycles. The second-order valence-corrected chi connectivity index (χ2v) is 7.29. The van der Waals surface area contributed by atoms with Crippen molar-refractivity contribution in [1.29, 1.82) is 0 Å². The maximum atomic E-state index is 12.4. The number of sulfonamides is 1. The first kappa shape index (κ1) is 15.0. The molecule has 0 saturated heterocycles. The van der Waals surface area contributed by atoms with Crippen molar-refractivity contribution in [3.63, 3.8) is 0 Å². The highest BCUT2D eigenvalue weighted by atomic mass is 32.2. The largest absolute Gasteiger partial charge is 0.392 e. The Morgan fingerprint density at radius 1 is 1.27 bits per heavy atom. The van der Waals surface area contributed by atoms with Gasteiger partial charge in [-0.15, -0.1) is 0 Å². The first-order valence-corrected chi connectivity index (χ1v) is 8.77. The van der Waals surface area contributed by atoms with E-state index in [0.29, 0.717) is 24.3 Å². The Morgan fingerprint density at radius 3 is 2.73 bits per heavy atom. The molecule has 2 N–H and O–H groups in total. The molecule has 0 aliphatic heterocycles. The van der Waals surface area contributed by atoms with Crippen LogP contribution in [-0.4, -0.2) is 39.6 Å². The number of anilines is 1. The second kappa shape index (κ2) is 6.05. The van der Waals surface area contributed by atoms with Gasteiger partial charge in [0.15, 0.2) is 5.82 Å². The van der Waals surface area contributed by atoms with E-state index >= 15 is 0 Å². The molecule has 2 atom stereocenters. The van der Waals surface area contributed by atoms with Gasteiger partial charge in [0.25, 0.3) is 0 Å². The second-order valence-electron chi connectivity index (χ2n) is 5.39. The van der Waals surface area contributed by atoms with Crippen LogP contribution in [0.4, 0.5) is 5.69 Å². The normalized spacial score (nSPS) is 22.4. The van der Waals surface area contributed by atoms with Gasteiger partial charge in [0.1, 0.15) is 5.25 Å². The Hall–Kier alpha value is -1.93. The molecular formula is C14H18N4O3S. The van der Waals surface area contributed by atoms with Crippen LogP contribution in [0, 0.1) is 0 Å². The number of nitrogens with zero attached hydrogens (tertiary/aromatic N) is 3. The Balaban J connectivity index is 1.75. The fraction of sp³-hybridized carbons (Fsp3) is 0.429. The van der Waals surface area contributed by atoms with Crippen LogP contribution in [0.25, 0.3) is 5.82 Å². The van der Waals surface area contributed by atoms with Gasteiger partial charge < -0.3 is 5.11 Å². The van der Waals surface area contributed by atoms with Crippen molar-refractivity contribution in [2.75, 3.05) is 4.72 Å². The van der Waals surface area contributed by atoms with E-state index in [2.05, 4.69) is 14.8 Å². The minimum Gasteiger partial charge on any atom is -0.392 e. The average Bonchev–Trinajstić information content (AvgIpc) is 3.02. The summed E-state index contributed by atoms with van der Waals surface area (Å²) in [7, 11) is -3.61. The average molecular weight is 322 g/mol. The van der Waals surface area contributed by atoms with Crippen molar-refractivity contribution in [2.24, 2.45) is 0 Å². The number of pyridine rings is 1. The van der Waals surface area contributed by atoms with Gasteiger partial charge in [-0.3, -0.25) is 4.72 Å². The third kappa shape index (κ3) is 3.12. The van der Waals surface area contributed by atoms with Gasteiger partial charge >= 0.3 is 0 Å². The third-order valence-corrected chi connectivity index (χ3v) is 5.68. The van der Waals surface area contributed by atoms with Gasteiger partial charge in [0.05, 0.1) is 18.0 Å². The van der Waals surface area contributed by atoms with E-state index in [-0.39, 0.29) is 0 Å². The highest BCUT2D eigenvalue weighted by Gasteiger charge is 2.34. The number of aromatic nitrogens is 3. The van der Waals surface area contributed by atoms with Crippen LogP contribution in [0.2, 0.25) is 0 Å². The number of aliphatic hydroxyl groups excluding tert-OH is 1. The van der Waals surface area contributed by atoms with E-state index in [1.54, 1.807) is 35.3 Å². The Bertz CT molecular complexity index is 713. The number of rotatable bonds is 4. The molecule has 8 heteroatoms. The molecule has 1 fully saturated rings. The van der Waals surface area contributed by atoms with Crippen molar-refractivity contribution >= 4 is 15.7 Å². The lowest BCUT2D eigenvalue weighted by atomic mass is 9.97. The van der Waals surface area contributed by atoms with Crippen LogP contribution in [0.5, 0.6) is 0 Å². The molecule has 0 unspecified atom stereocenters. The summed E-state index contributed by atoms with van der Waals surface area (Å²) >= 11 is 0. The monoisotopic (exact) mass is 322 g/mol. The van der Waals surface area contributed by atoms with Gasteiger partial charge in [-0.1, -0.05) is 12.8 Å². The molecule has 2 aromatic rings. The molecular weight excluding hydrogens is 304 g/mol. The van der Waals surface area contributed by atoms with E-state index in [0.717, 1.165) is 12.8 Å². The topological polar surface area (TPSA) is 97.1 Å². The van der Waals surface area contributed by atoms with Gasteiger partial charge in [-0.2, -0.15) is 5.10 Å². The van der Waals surface area contributed by atoms with Gasteiger partial charge in [-0.25, -0.2) is 18.1 Å². The fourth-order valence-corrected chi connectivity index (χ4v) is 4.29. The van der Waals surface area contributed by atoms with Crippen molar-refractivity contribution in [3.05, 3.63) is 36.8 Å². The zero-order valence-electron chi connectivity index (χ0n) is 12.0. The lowest BCUT2D eigenvalue weighted by molar-refractivity contribution is 0.133. The standard InChI is InChI=1S/C14H18N4O3S/c19-12-4-1-2-5-13(12)22(20,21)17-11-6-7-14(15-10-11)18-9-3-8-16-18/h3,6-10,12-13,17,19H,1-2,4-5H2/t12-,13-/m1/s1. The van der Waals surface area contributed by atoms with Crippen LogP contribution in [0.3, 0.4) is 0 Å². The fourth-order valence-electron chi connectivity index (χ4n) is 2.67. The van der Waals surface area contributed by atoms with Crippen LogP contribution in [0.15, 0.2) is 36.8 Å². The van der Waals surface area contributed by atoms with Crippen LogP contribution < -0.4 is 4.72 Å². The molecule has 118 valence electrons. The molecule has 7 nitrogen and oxygen atoms in total. The predicted molar refractivity (Wildman–Crippen MR) is 82.2 cm³/mol. The van der Waals surface area contributed by atoms with E-state index in [4.69, 9.17) is 0 Å². The summed E-state index contributed by atoms with van der Waals surface area (Å²) in [6, 6.07) is 5.10. The molecule has 2 heterocycles. The van der Waals surface area contributed by atoms with E-state index in [1.807, 2.05) is 0 Å². The van der Waals surface area contributed by atoms with Crippen molar-refractivity contribution in [3.8, 4) is 5.82 Å². The maximum absolute atomic E-state index is 12.4. The molecule has 2 aromatic heterocycles. The zero-order valence-corrected chi connectivity index (χ0v) is 12.8. The molecule has 1 aliphatic carbocycles. The van der Waals surface area contributed by atoms with Gasteiger partial charge in [0, 0.05) is 12.4 Å². The zero-order chi connectivity index (χ0) is 15.6. The summed E-state index contributed by atoms with van der Waals surface area (Å²) in [6.45, 7) is 0. The summed E-state index contributed by atoms with van der Waals surface area (Å²) in [6.07, 6.45) is 6.74. The summed E-state index contributed by atoms with van der Waals surface area (Å²) in [5.74, 6) is 0.602. The Kier molecular flexibility index (Phi) is 4.12. The molecule has 1 aliphatic rings. The molecule has 0 radical (unpaired) electrons. The van der Waals surface area contributed by atoms with E-state index in [9.17, 15) is 13.5 Å². The highest BCUT2D eigenvalue weighted by molar-refractivity contribution is 7.93. The first-order valence-electron chi connectivity index (χ1n) is 7.22. The summed E-state index contributed by atoms with van der Waals surface area (Å²) < 4.78 is 28.8. The lowest BCUT2D eigenvalue weighted by Gasteiger charge is -2.27. The lowest BCUT2D eigenvalue weighted by Crippen LogP contribution is -2.40. The molecule has 0 spiro atoms. The third-order valence-electron chi connectivity index (χ3n) is 3.81. The van der Waals surface area contributed by atoms with Gasteiger partial charge in [0.2, 0.25) is 10.0 Å². The Labute approximate surface area is 129 Å². The minimum atomic E-state index is -3.61. The molecule has 0 amide bonds. The SMILES string of the molecule is O=S(=O)(Nc1ccc(-n2cccn2)nc1)[C@@H]1CCCC[C@H]1O. The van der Waals surface area contributed by atoms with Crippen molar-refractivity contribution in [2.45, 2.75) is 37.0 Å². The molecule has 0 aromatic carbocycles. The summed E-state index contributed by atoms with van der Waals surface area (Å²) in [5, 5.41) is 13.2. The summed E-state index contributed by atoms with van der Waals surface area (Å²) in [4.78, 5) is 4.18. The number of hydrogen-bond donors (Lipinski definition) is 2.